The molecule has 2 rings (SSSR count). The molecule has 0 saturated carbocycles. The number of nitrogens with two attached hydrogens (primary N) is 1. The van der Waals surface area contributed by atoms with E-state index in [0.717, 1.165) is 11.6 Å². The van der Waals surface area contributed by atoms with Crippen LogP contribution in [0, 0.1) is 0 Å². The summed E-state index contributed by atoms with van der Waals surface area (Å²) in [5.41, 5.74) is 5.97. The standard InChI is InChI=1S/C14H15F3N4/c1-8(2)9-4-3-5-10(6-9)19-12-7-11(14(15,16)17)20-13(18)21-12/h3-8H,1-2H3,(H3,18,19,20,21). The summed E-state index contributed by atoms with van der Waals surface area (Å²) in [6.07, 6.45) is -4.56. The van der Waals surface area contributed by atoms with Crippen LogP contribution in [-0.4, -0.2) is 9.97 Å². The average Bonchev–Trinajstić information content (AvgIpc) is 2.37. The van der Waals surface area contributed by atoms with Crippen molar-refractivity contribution in [2.75, 3.05) is 11.1 Å². The summed E-state index contributed by atoms with van der Waals surface area (Å²) in [6.45, 7) is 4.06. The van der Waals surface area contributed by atoms with Gasteiger partial charge in [0.05, 0.1) is 0 Å². The molecule has 3 N–H and O–H groups in total. The second-order valence-electron chi connectivity index (χ2n) is 4.90. The fourth-order valence-corrected chi connectivity index (χ4v) is 1.80. The van der Waals surface area contributed by atoms with Crippen LogP contribution in [0.3, 0.4) is 0 Å². The third-order valence-corrected chi connectivity index (χ3v) is 2.86. The molecule has 0 saturated heterocycles. The summed E-state index contributed by atoms with van der Waals surface area (Å²) in [7, 11) is 0. The lowest BCUT2D eigenvalue weighted by atomic mass is 10.0. The van der Waals surface area contributed by atoms with Gasteiger partial charge in [0.1, 0.15) is 5.82 Å². The zero-order valence-electron chi connectivity index (χ0n) is 11.6. The Balaban J connectivity index is 2.31. The molecule has 0 radical (unpaired) electrons. The van der Waals surface area contributed by atoms with Gasteiger partial charge >= 0.3 is 6.18 Å². The van der Waals surface area contributed by atoms with Crippen molar-refractivity contribution in [1.82, 2.24) is 9.97 Å². The predicted molar refractivity (Wildman–Crippen MR) is 75.3 cm³/mol. The maximum absolute atomic E-state index is 12.7. The maximum Gasteiger partial charge on any atom is 0.433 e. The molecule has 2 aromatic rings. The number of rotatable bonds is 3. The van der Waals surface area contributed by atoms with Crippen LogP contribution in [0.1, 0.15) is 31.0 Å². The van der Waals surface area contributed by atoms with E-state index in [9.17, 15) is 13.2 Å². The Morgan fingerprint density at radius 3 is 2.48 bits per heavy atom. The summed E-state index contributed by atoms with van der Waals surface area (Å²) < 4.78 is 38.0. The highest BCUT2D eigenvalue weighted by Gasteiger charge is 2.33. The molecule has 0 aliphatic rings. The quantitative estimate of drug-likeness (QED) is 0.900. The van der Waals surface area contributed by atoms with Crippen molar-refractivity contribution in [2.45, 2.75) is 25.9 Å². The molecule has 4 nitrogen and oxygen atoms in total. The van der Waals surface area contributed by atoms with Gasteiger partial charge in [-0.25, -0.2) is 4.98 Å². The number of nitrogens with one attached hydrogen (secondary N) is 1. The zero-order valence-corrected chi connectivity index (χ0v) is 11.6. The molecule has 1 aromatic heterocycles. The minimum absolute atomic E-state index is 0.00994. The zero-order chi connectivity index (χ0) is 15.6. The normalized spacial score (nSPS) is 11.7. The van der Waals surface area contributed by atoms with Gasteiger partial charge in [-0.3, -0.25) is 0 Å². The molecular formula is C14H15F3N4. The van der Waals surface area contributed by atoms with Gasteiger partial charge in [-0.15, -0.1) is 0 Å². The van der Waals surface area contributed by atoms with Crippen molar-refractivity contribution >= 4 is 17.5 Å². The summed E-state index contributed by atoms with van der Waals surface area (Å²) in [5.74, 6) is -0.101. The number of anilines is 3. The number of halogens is 3. The van der Waals surface area contributed by atoms with Crippen molar-refractivity contribution < 1.29 is 13.2 Å². The van der Waals surface area contributed by atoms with Crippen LogP contribution in [0.2, 0.25) is 0 Å². The SMILES string of the molecule is CC(C)c1cccc(Nc2cc(C(F)(F)F)nc(N)n2)c1. The first kappa shape index (κ1) is 15.1. The fraction of sp³-hybridized carbons (Fsp3) is 0.286. The van der Waals surface area contributed by atoms with E-state index >= 15 is 0 Å². The topological polar surface area (TPSA) is 63.8 Å². The van der Waals surface area contributed by atoms with Crippen molar-refractivity contribution in [2.24, 2.45) is 0 Å². The van der Waals surface area contributed by atoms with Crippen LogP contribution < -0.4 is 11.1 Å². The molecule has 0 aliphatic carbocycles. The third kappa shape index (κ3) is 3.84. The largest absolute Gasteiger partial charge is 0.433 e. The van der Waals surface area contributed by atoms with E-state index < -0.39 is 17.8 Å². The Labute approximate surface area is 120 Å². The lowest BCUT2D eigenvalue weighted by molar-refractivity contribution is -0.141. The highest BCUT2D eigenvalue weighted by atomic mass is 19.4. The summed E-state index contributed by atoms with van der Waals surface area (Å²) >= 11 is 0. The van der Waals surface area contributed by atoms with Crippen LogP contribution in [0.25, 0.3) is 0 Å². The van der Waals surface area contributed by atoms with E-state index in [4.69, 9.17) is 5.73 Å². The lowest BCUT2D eigenvalue weighted by Gasteiger charge is -2.12. The van der Waals surface area contributed by atoms with Gasteiger partial charge < -0.3 is 11.1 Å². The monoisotopic (exact) mass is 296 g/mol. The van der Waals surface area contributed by atoms with Gasteiger partial charge in [0, 0.05) is 11.8 Å². The first-order chi connectivity index (χ1) is 9.75. The number of alkyl halides is 3. The number of hydrogen-bond donors (Lipinski definition) is 2. The van der Waals surface area contributed by atoms with E-state index in [-0.39, 0.29) is 5.82 Å². The maximum atomic E-state index is 12.7. The molecule has 1 heterocycles. The molecule has 0 unspecified atom stereocenters. The Morgan fingerprint density at radius 1 is 1.14 bits per heavy atom. The van der Waals surface area contributed by atoms with E-state index in [0.29, 0.717) is 11.6 Å². The first-order valence-corrected chi connectivity index (χ1v) is 6.34. The van der Waals surface area contributed by atoms with E-state index in [1.54, 1.807) is 6.07 Å². The third-order valence-electron chi connectivity index (χ3n) is 2.86. The number of benzene rings is 1. The van der Waals surface area contributed by atoms with Gasteiger partial charge in [0.2, 0.25) is 5.95 Å². The van der Waals surface area contributed by atoms with Gasteiger partial charge in [-0.2, -0.15) is 18.2 Å². The smallest absolute Gasteiger partial charge is 0.368 e. The second-order valence-corrected chi connectivity index (χ2v) is 4.90. The van der Waals surface area contributed by atoms with Gasteiger partial charge in [-0.05, 0) is 23.6 Å². The van der Waals surface area contributed by atoms with Crippen LogP contribution >= 0.6 is 0 Å². The van der Waals surface area contributed by atoms with Gasteiger partial charge in [0.25, 0.3) is 0 Å². The van der Waals surface area contributed by atoms with E-state index in [1.807, 2.05) is 32.0 Å². The molecule has 7 heteroatoms. The molecule has 0 aliphatic heterocycles. The molecule has 0 fully saturated rings. The Bertz CT molecular complexity index is 638. The first-order valence-electron chi connectivity index (χ1n) is 6.34. The number of aromatic nitrogens is 2. The average molecular weight is 296 g/mol. The minimum atomic E-state index is -4.56. The summed E-state index contributed by atoms with van der Waals surface area (Å²) in [5, 5.41) is 2.82. The van der Waals surface area contributed by atoms with Gasteiger partial charge in [-0.1, -0.05) is 26.0 Å². The highest BCUT2D eigenvalue weighted by Crippen LogP contribution is 2.30. The van der Waals surface area contributed by atoms with Crippen molar-refractivity contribution in [3.8, 4) is 0 Å². The highest BCUT2D eigenvalue weighted by molar-refractivity contribution is 5.58. The number of hydrogen-bond acceptors (Lipinski definition) is 4. The van der Waals surface area contributed by atoms with Crippen molar-refractivity contribution in [3.05, 3.63) is 41.6 Å². The van der Waals surface area contributed by atoms with Crippen molar-refractivity contribution in [1.29, 1.82) is 0 Å². The molecular weight excluding hydrogens is 281 g/mol. The molecule has 0 amide bonds. The van der Waals surface area contributed by atoms with Crippen LogP contribution in [0.4, 0.5) is 30.6 Å². The summed E-state index contributed by atoms with van der Waals surface area (Å²) in [6, 6.07) is 8.21. The van der Waals surface area contributed by atoms with Crippen LogP contribution in [0.15, 0.2) is 30.3 Å². The lowest BCUT2D eigenvalue weighted by Crippen LogP contribution is -2.12. The minimum Gasteiger partial charge on any atom is -0.368 e. The van der Waals surface area contributed by atoms with E-state index in [1.165, 1.54) is 0 Å². The van der Waals surface area contributed by atoms with Crippen LogP contribution in [-0.2, 0) is 6.18 Å². The Kier molecular flexibility index (Phi) is 4.02. The molecule has 112 valence electrons. The molecule has 21 heavy (non-hydrogen) atoms. The second kappa shape index (κ2) is 5.59. The Hall–Kier alpha value is -2.31. The molecule has 0 atom stereocenters. The molecule has 0 spiro atoms. The summed E-state index contributed by atoms with van der Waals surface area (Å²) in [4.78, 5) is 6.97. The van der Waals surface area contributed by atoms with Gasteiger partial charge in [0.15, 0.2) is 5.69 Å². The number of nitrogen functional groups attached to an aromatic ring is 1. The molecule has 1 aromatic carbocycles. The fourth-order valence-electron chi connectivity index (χ4n) is 1.80. The number of nitrogens with zero attached hydrogens (tertiary/aromatic N) is 2. The van der Waals surface area contributed by atoms with E-state index in [2.05, 4.69) is 15.3 Å². The van der Waals surface area contributed by atoms with Crippen LogP contribution in [0.5, 0.6) is 0 Å². The Morgan fingerprint density at radius 2 is 1.86 bits per heavy atom. The molecule has 0 bridgehead atoms. The van der Waals surface area contributed by atoms with Crippen molar-refractivity contribution in [3.63, 3.8) is 0 Å². The predicted octanol–water partition coefficient (Wildman–Crippen LogP) is 3.94.